The van der Waals surface area contributed by atoms with Crippen molar-refractivity contribution in [2.24, 2.45) is 11.3 Å². The smallest absolute Gasteiger partial charge is 0.102 e. The van der Waals surface area contributed by atoms with E-state index < -0.39 is 10.2 Å². The molecule has 0 saturated carbocycles. The van der Waals surface area contributed by atoms with Crippen LogP contribution in [0.15, 0.2) is 23.8 Å². The van der Waals surface area contributed by atoms with Crippen molar-refractivity contribution in [2.45, 2.75) is 38.4 Å². The van der Waals surface area contributed by atoms with E-state index in [9.17, 15) is 5.26 Å². The van der Waals surface area contributed by atoms with Gasteiger partial charge in [-0.05, 0) is 32.4 Å². The van der Waals surface area contributed by atoms with Gasteiger partial charge in [-0.1, -0.05) is 43.4 Å². The van der Waals surface area contributed by atoms with Crippen molar-refractivity contribution in [1.29, 1.82) is 15.8 Å². The number of nitriles is 3. The predicted molar refractivity (Wildman–Crippen MR) is 89.2 cm³/mol. The van der Waals surface area contributed by atoms with Gasteiger partial charge in [0.1, 0.15) is 4.75 Å². The van der Waals surface area contributed by atoms with E-state index in [2.05, 4.69) is 18.2 Å². The van der Waals surface area contributed by atoms with Gasteiger partial charge in [0.2, 0.25) is 0 Å². The summed E-state index contributed by atoms with van der Waals surface area (Å²) in [5, 5.41) is 27.9. The molecule has 0 aliphatic heterocycles. The van der Waals surface area contributed by atoms with Gasteiger partial charge in [0.05, 0.1) is 27.8 Å². The van der Waals surface area contributed by atoms with Gasteiger partial charge in [0.25, 0.3) is 0 Å². The van der Waals surface area contributed by atoms with Crippen LogP contribution in [0.2, 0.25) is 0 Å². The molecule has 1 aliphatic rings. The molecule has 2 atom stereocenters. The summed E-state index contributed by atoms with van der Waals surface area (Å²) in [6.07, 6.45) is 6.73. The lowest BCUT2D eigenvalue weighted by Gasteiger charge is -2.34. The Kier molecular flexibility index (Phi) is 5.73. The average Bonchev–Trinajstić information content (AvgIpc) is 2.46. The molecule has 1 aliphatic carbocycles. The predicted octanol–water partition coefficient (Wildman–Crippen LogP) is 4.30. The van der Waals surface area contributed by atoms with Crippen LogP contribution in [0.1, 0.15) is 33.6 Å². The number of thioether (sulfide) groups is 1. The molecule has 0 spiro atoms. The van der Waals surface area contributed by atoms with E-state index in [1.807, 2.05) is 13.0 Å². The van der Waals surface area contributed by atoms with Gasteiger partial charge in [-0.3, -0.25) is 0 Å². The maximum atomic E-state index is 9.69. The monoisotopic (exact) mass is 315 g/mol. The van der Waals surface area contributed by atoms with Gasteiger partial charge in [0.15, 0.2) is 0 Å². The van der Waals surface area contributed by atoms with Crippen LogP contribution < -0.4 is 0 Å². The van der Waals surface area contributed by atoms with E-state index in [4.69, 9.17) is 22.7 Å². The van der Waals surface area contributed by atoms with E-state index in [0.717, 1.165) is 6.42 Å². The molecule has 0 amide bonds. The summed E-state index contributed by atoms with van der Waals surface area (Å²) in [7, 11) is 0. The SMILES string of the molecule is CCCC1(C#N)C=C(C#N)C=CC1C(=S)SC(C)(C)C#N. The maximum Gasteiger partial charge on any atom is 0.102 e. The molecular weight excluding hydrogens is 298 g/mol. The van der Waals surface area contributed by atoms with Gasteiger partial charge in [-0.2, -0.15) is 15.8 Å². The lowest BCUT2D eigenvalue weighted by molar-refractivity contribution is 0.407. The third-order valence-corrected chi connectivity index (χ3v) is 4.88. The number of hydrogen-bond donors (Lipinski definition) is 0. The Morgan fingerprint density at radius 2 is 2.10 bits per heavy atom. The van der Waals surface area contributed by atoms with Gasteiger partial charge in [-0.25, -0.2) is 0 Å². The summed E-state index contributed by atoms with van der Waals surface area (Å²) in [6, 6.07) is 6.66. The molecule has 0 bridgehead atoms. The standard InChI is InChI=1S/C16H17N3S2/c1-4-7-16(11-19)8-12(9-17)5-6-13(16)14(20)21-15(2,3)10-18/h5-6,8,13H,4,7H2,1-3H3. The van der Waals surface area contributed by atoms with Crippen molar-refractivity contribution in [3.8, 4) is 18.2 Å². The summed E-state index contributed by atoms with van der Waals surface area (Å²) < 4.78 is -0.00146. The Hall–Kier alpha value is -1.61. The van der Waals surface area contributed by atoms with Gasteiger partial charge >= 0.3 is 0 Å². The van der Waals surface area contributed by atoms with Crippen LogP contribution in [0.3, 0.4) is 0 Å². The molecule has 0 saturated heterocycles. The molecule has 2 unspecified atom stereocenters. The highest BCUT2D eigenvalue weighted by molar-refractivity contribution is 8.24. The highest BCUT2D eigenvalue weighted by atomic mass is 32.2. The Balaban J connectivity index is 3.17. The molecule has 3 nitrogen and oxygen atoms in total. The Morgan fingerprint density at radius 3 is 2.57 bits per heavy atom. The van der Waals surface area contributed by atoms with E-state index >= 15 is 0 Å². The molecule has 0 aromatic carbocycles. The first-order valence-electron chi connectivity index (χ1n) is 6.70. The van der Waals surface area contributed by atoms with Crippen molar-refractivity contribution >= 4 is 28.2 Å². The van der Waals surface area contributed by atoms with Crippen LogP contribution in [0, 0.1) is 45.3 Å². The number of allylic oxidation sites excluding steroid dienone is 4. The van der Waals surface area contributed by atoms with Crippen molar-refractivity contribution in [2.75, 3.05) is 0 Å². The first-order chi connectivity index (χ1) is 9.84. The van der Waals surface area contributed by atoms with E-state index in [-0.39, 0.29) is 5.92 Å². The number of rotatable bonds is 4. The third kappa shape index (κ3) is 3.94. The zero-order valence-electron chi connectivity index (χ0n) is 12.4. The Morgan fingerprint density at radius 1 is 1.43 bits per heavy atom. The van der Waals surface area contributed by atoms with E-state index in [0.29, 0.717) is 16.2 Å². The minimum atomic E-state index is -0.788. The maximum absolute atomic E-state index is 9.69. The zero-order valence-corrected chi connectivity index (χ0v) is 14.0. The normalized spacial score (nSPS) is 24.4. The second-order valence-electron chi connectivity index (χ2n) is 5.49. The highest BCUT2D eigenvalue weighted by Gasteiger charge is 2.41. The first-order valence-corrected chi connectivity index (χ1v) is 7.93. The minimum Gasteiger partial charge on any atom is -0.197 e. The number of nitrogens with zero attached hydrogens (tertiary/aromatic N) is 3. The van der Waals surface area contributed by atoms with Crippen LogP contribution in [0.25, 0.3) is 0 Å². The molecule has 0 heterocycles. The van der Waals surface area contributed by atoms with Crippen LogP contribution in [0.4, 0.5) is 0 Å². The largest absolute Gasteiger partial charge is 0.197 e. The van der Waals surface area contributed by atoms with Crippen molar-refractivity contribution in [1.82, 2.24) is 0 Å². The molecule has 1 rings (SSSR count). The molecule has 0 fully saturated rings. The lowest BCUT2D eigenvalue weighted by Crippen LogP contribution is -2.33. The van der Waals surface area contributed by atoms with Crippen molar-refractivity contribution in [3.05, 3.63) is 23.8 Å². The van der Waals surface area contributed by atoms with Crippen molar-refractivity contribution in [3.63, 3.8) is 0 Å². The van der Waals surface area contributed by atoms with Gasteiger partial charge in [-0.15, -0.1) is 0 Å². The molecular formula is C16H17N3S2. The molecule has 0 N–H and O–H groups in total. The van der Waals surface area contributed by atoms with Crippen LogP contribution in [0.5, 0.6) is 0 Å². The van der Waals surface area contributed by atoms with Gasteiger partial charge in [0, 0.05) is 11.5 Å². The lowest BCUT2D eigenvalue weighted by atomic mass is 9.70. The van der Waals surface area contributed by atoms with Gasteiger partial charge < -0.3 is 0 Å². The zero-order chi connectivity index (χ0) is 16.1. The summed E-state index contributed by atoms with van der Waals surface area (Å²) in [5.41, 5.74) is -0.293. The fourth-order valence-corrected chi connectivity index (χ4v) is 4.16. The quantitative estimate of drug-likeness (QED) is 0.723. The van der Waals surface area contributed by atoms with E-state index in [1.54, 1.807) is 26.0 Å². The molecule has 108 valence electrons. The van der Waals surface area contributed by atoms with Crippen LogP contribution in [-0.2, 0) is 0 Å². The van der Waals surface area contributed by atoms with Crippen molar-refractivity contribution < 1.29 is 0 Å². The average molecular weight is 315 g/mol. The van der Waals surface area contributed by atoms with Crippen LogP contribution in [-0.4, -0.2) is 8.94 Å². The first kappa shape index (κ1) is 17.4. The third-order valence-electron chi connectivity index (χ3n) is 3.32. The van der Waals surface area contributed by atoms with Crippen LogP contribution >= 0.6 is 24.0 Å². The number of thiocarbonyl (C=S) groups is 1. The molecule has 21 heavy (non-hydrogen) atoms. The molecule has 5 heteroatoms. The minimum absolute atomic E-state index is 0.257. The fourth-order valence-electron chi connectivity index (χ4n) is 2.28. The summed E-state index contributed by atoms with van der Waals surface area (Å²) >= 11 is 6.81. The second kappa shape index (κ2) is 6.90. The Labute approximate surface area is 135 Å². The second-order valence-corrected chi connectivity index (χ2v) is 7.86. The Bertz CT molecular complexity index is 611. The summed E-state index contributed by atoms with van der Waals surface area (Å²) in [6.45, 7) is 5.62. The fraction of sp³-hybridized carbons (Fsp3) is 0.500. The number of hydrogen-bond acceptors (Lipinski definition) is 5. The topological polar surface area (TPSA) is 71.4 Å². The van der Waals surface area contributed by atoms with E-state index in [1.165, 1.54) is 11.8 Å². The summed E-state index contributed by atoms with van der Waals surface area (Å²) in [4.78, 5) is 0. The highest BCUT2D eigenvalue weighted by Crippen LogP contribution is 2.44. The molecule has 0 aromatic rings. The summed E-state index contributed by atoms with van der Waals surface area (Å²) in [5.74, 6) is -0.257. The molecule has 0 aromatic heterocycles. The molecule has 0 radical (unpaired) electrons.